The summed E-state index contributed by atoms with van der Waals surface area (Å²) in [6, 6.07) is 6.12. The molecular weight excluding hydrogens is 290 g/mol. The molecule has 0 fully saturated rings. The highest BCUT2D eigenvalue weighted by molar-refractivity contribution is 5.43. The predicted octanol–water partition coefficient (Wildman–Crippen LogP) is -1.16. The fourth-order valence-electron chi connectivity index (χ4n) is 2.24. The first-order valence-corrected chi connectivity index (χ1v) is 6.97. The maximum absolute atomic E-state index is 5.58. The smallest absolute Gasteiger partial charge is 0.161 e. The van der Waals surface area contributed by atoms with E-state index in [2.05, 4.69) is 27.0 Å². The number of aryl methyl sites for hydroxylation is 1. The number of nitrogens with zero attached hydrogens (tertiary/aromatic N) is 2. The van der Waals surface area contributed by atoms with Crippen molar-refractivity contribution >= 4 is 0 Å². The van der Waals surface area contributed by atoms with E-state index in [0.29, 0.717) is 13.2 Å². The molecule has 0 spiro atoms. The lowest BCUT2D eigenvalue weighted by molar-refractivity contribution is -0.00000476. The van der Waals surface area contributed by atoms with Crippen molar-refractivity contribution < 1.29 is 21.9 Å². The lowest BCUT2D eigenvalue weighted by Crippen LogP contribution is -3.00. The van der Waals surface area contributed by atoms with Gasteiger partial charge in [-0.05, 0) is 30.7 Å². The summed E-state index contributed by atoms with van der Waals surface area (Å²) in [6.07, 6.45) is 6.73. The highest BCUT2D eigenvalue weighted by atomic mass is 35.5. The molecule has 1 aliphatic rings. The standard InChI is InChI=1S/C15H19N3O2.ClH/c1(6-18-7-5-17-12-18)4-16-11-13-2-3-14-15(10-13)20-9-8-19-14;/h2-3,5,7,10,12,16H,1,4,6,8-9,11H2;1H/p-1. The molecule has 0 amide bonds. The van der Waals surface area contributed by atoms with Gasteiger partial charge in [0.25, 0.3) is 0 Å². The fourth-order valence-corrected chi connectivity index (χ4v) is 2.24. The van der Waals surface area contributed by atoms with E-state index in [0.717, 1.165) is 37.6 Å². The molecule has 0 saturated heterocycles. The average molecular weight is 309 g/mol. The fraction of sp³-hybridized carbons (Fsp3) is 0.400. The van der Waals surface area contributed by atoms with Gasteiger partial charge >= 0.3 is 0 Å². The first-order chi connectivity index (χ1) is 9.92. The van der Waals surface area contributed by atoms with Gasteiger partial charge in [0.15, 0.2) is 11.5 Å². The molecule has 21 heavy (non-hydrogen) atoms. The molecule has 2 heterocycles. The van der Waals surface area contributed by atoms with Crippen molar-refractivity contribution in [3.8, 4) is 11.5 Å². The lowest BCUT2D eigenvalue weighted by Gasteiger charge is -2.19. The number of halogens is 1. The van der Waals surface area contributed by atoms with Crippen LogP contribution in [0.2, 0.25) is 0 Å². The normalized spacial score (nSPS) is 12.8. The molecule has 114 valence electrons. The highest BCUT2D eigenvalue weighted by Gasteiger charge is 2.11. The summed E-state index contributed by atoms with van der Waals surface area (Å²) in [6.45, 7) is 4.09. The Kier molecular flexibility index (Phi) is 5.90. The first-order valence-electron chi connectivity index (χ1n) is 6.97. The average Bonchev–Trinajstić information content (AvgIpc) is 3.00. The Morgan fingerprint density at radius 2 is 2.05 bits per heavy atom. The number of aromatic nitrogens is 2. The van der Waals surface area contributed by atoms with Crippen LogP contribution in [-0.2, 0) is 13.1 Å². The minimum Gasteiger partial charge on any atom is -1.00 e. The van der Waals surface area contributed by atoms with E-state index in [9.17, 15) is 0 Å². The number of hydrogen-bond donors (Lipinski definition) is 1. The van der Waals surface area contributed by atoms with Crippen LogP contribution in [0.4, 0.5) is 0 Å². The van der Waals surface area contributed by atoms with E-state index >= 15 is 0 Å². The van der Waals surface area contributed by atoms with Crippen molar-refractivity contribution in [2.75, 3.05) is 19.8 Å². The maximum atomic E-state index is 5.58. The minimum absolute atomic E-state index is 0. The van der Waals surface area contributed by atoms with Gasteiger partial charge in [-0.15, -0.1) is 0 Å². The summed E-state index contributed by atoms with van der Waals surface area (Å²) in [5, 5.41) is 3.44. The molecule has 1 N–H and O–H groups in total. The molecule has 0 atom stereocenters. The number of imidazole rings is 1. The molecule has 2 aromatic rings. The van der Waals surface area contributed by atoms with Crippen molar-refractivity contribution in [2.24, 2.45) is 0 Å². The molecule has 1 aliphatic heterocycles. The van der Waals surface area contributed by atoms with E-state index in [1.807, 2.05) is 24.8 Å². The molecule has 0 unspecified atom stereocenters. The molecule has 1 aromatic heterocycles. The van der Waals surface area contributed by atoms with Crippen LogP contribution in [0.15, 0.2) is 36.9 Å². The summed E-state index contributed by atoms with van der Waals surface area (Å²) in [4.78, 5) is 4.03. The van der Waals surface area contributed by atoms with Crippen LogP contribution in [0.5, 0.6) is 11.5 Å². The molecule has 5 nitrogen and oxygen atoms in total. The summed E-state index contributed by atoms with van der Waals surface area (Å²) >= 11 is 0. The lowest BCUT2D eigenvalue weighted by atomic mass is 10.2. The van der Waals surface area contributed by atoms with Crippen molar-refractivity contribution in [1.82, 2.24) is 14.9 Å². The van der Waals surface area contributed by atoms with Crippen LogP contribution < -0.4 is 27.2 Å². The van der Waals surface area contributed by atoms with Gasteiger partial charge in [0.1, 0.15) is 13.2 Å². The molecular formula is C15H19ClN3O2-. The molecule has 3 rings (SSSR count). The molecule has 6 heteroatoms. The quantitative estimate of drug-likeness (QED) is 0.684. The van der Waals surface area contributed by atoms with Gasteiger partial charge in [0.2, 0.25) is 0 Å². The molecule has 0 aliphatic carbocycles. The molecule has 0 bridgehead atoms. The van der Waals surface area contributed by atoms with Gasteiger partial charge in [0, 0.05) is 25.5 Å². The monoisotopic (exact) mass is 308 g/mol. The number of benzene rings is 1. The van der Waals surface area contributed by atoms with E-state index in [-0.39, 0.29) is 12.4 Å². The zero-order valence-electron chi connectivity index (χ0n) is 11.8. The van der Waals surface area contributed by atoms with Crippen LogP contribution >= 0.6 is 0 Å². The largest absolute Gasteiger partial charge is 1.00 e. The summed E-state index contributed by atoms with van der Waals surface area (Å²) < 4.78 is 13.2. The Bertz CT molecular complexity index is 546. The Hall–Kier alpha value is -1.72. The number of nitrogens with one attached hydrogen (secondary N) is 1. The van der Waals surface area contributed by atoms with E-state index in [1.54, 1.807) is 0 Å². The number of ether oxygens (including phenoxy) is 2. The van der Waals surface area contributed by atoms with Gasteiger partial charge in [0.05, 0.1) is 6.33 Å². The number of hydrogen-bond acceptors (Lipinski definition) is 4. The third kappa shape index (κ3) is 4.37. The topological polar surface area (TPSA) is 48.3 Å². The van der Waals surface area contributed by atoms with Crippen LogP contribution in [0, 0.1) is 0 Å². The van der Waals surface area contributed by atoms with Crippen molar-refractivity contribution in [2.45, 2.75) is 19.5 Å². The van der Waals surface area contributed by atoms with Crippen LogP contribution in [-0.4, -0.2) is 29.3 Å². The van der Waals surface area contributed by atoms with E-state index in [1.165, 1.54) is 5.56 Å². The Labute approximate surface area is 130 Å². The molecule has 0 saturated carbocycles. The zero-order valence-corrected chi connectivity index (χ0v) is 12.6. The maximum Gasteiger partial charge on any atom is 0.161 e. The summed E-state index contributed by atoms with van der Waals surface area (Å²) in [5.74, 6) is 1.70. The van der Waals surface area contributed by atoms with Crippen molar-refractivity contribution in [3.63, 3.8) is 0 Å². The number of fused-ring (bicyclic) bond motifs is 1. The van der Waals surface area contributed by atoms with Gasteiger partial charge in [-0.3, -0.25) is 0 Å². The van der Waals surface area contributed by atoms with Gasteiger partial charge in [-0.25, -0.2) is 4.98 Å². The third-order valence-corrected chi connectivity index (χ3v) is 3.26. The molecule has 0 radical (unpaired) electrons. The van der Waals surface area contributed by atoms with Gasteiger partial charge in [-0.1, -0.05) is 6.07 Å². The highest BCUT2D eigenvalue weighted by Crippen LogP contribution is 2.30. The van der Waals surface area contributed by atoms with Crippen molar-refractivity contribution in [3.05, 3.63) is 42.5 Å². The first kappa shape index (κ1) is 15.7. The van der Waals surface area contributed by atoms with Gasteiger partial charge < -0.3 is 31.8 Å². The van der Waals surface area contributed by atoms with Crippen LogP contribution in [0.3, 0.4) is 0 Å². The predicted molar refractivity (Wildman–Crippen MR) is 76.0 cm³/mol. The Morgan fingerprint density at radius 3 is 2.86 bits per heavy atom. The molecule has 1 aromatic carbocycles. The van der Waals surface area contributed by atoms with Crippen LogP contribution in [0.25, 0.3) is 0 Å². The second kappa shape index (κ2) is 7.90. The minimum atomic E-state index is 0. The number of rotatable bonds is 6. The Morgan fingerprint density at radius 1 is 1.19 bits per heavy atom. The van der Waals surface area contributed by atoms with E-state index < -0.39 is 0 Å². The Balaban J connectivity index is 0.00000161. The van der Waals surface area contributed by atoms with Gasteiger partial charge in [-0.2, -0.15) is 0 Å². The third-order valence-electron chi connectivity index (χ3n) is 3.26. The van der Waals surface area contributed by atoms with Crippen molar-refractivity contribution in [1.29, 1.82) is 0 Å². The van der Waals surface area contributed by atoms with Crippen LogP contribution in [0.1, 0.15) is 12.0 Å². The second-order valence-corrected chi connectivity index (χ2v) is 4.81. The summed E-state index contributed by atoms with van der Waals surface area (Å²) in [5.41, 5.74) is 1.22. The SMILES string of the molecule is [Cl-].c1cn(CCCNCc2ccc3c(c2)OCCO3)cn1. The van der Waals surface area contributed by atoms with E-state index in [4.69, 9.17) is 9.47 Å². The zero-order chi connectivity index (χ0) is 13.6. The second-order valence-electron chi connectivity index (χ2n) is 4.81. The summed E-state index contributed by atoms with van der Waals surface area (Å²) in [7, 11) is 0.